The molecule has 6 nitrogen and oxygen atoms in total. The topological polar surface area (TPSA) is 70.8 Å². The van der Waals surface area contributed by atoms with E-state index in [0.717, 1.165) is 32.6 Å². The molecule has 1 amide bonds. The van der Waals surface area contributed by atoms with Crippen molar-refractivity contribution in [3.05, 3.63) is 0 Å². The molecule has 0 radical (unpaired) electrons. The number of hydrogen-bond acceptors (Lipinski definition) is 5. The lowest BCUT2D eigenvalue weighted by atomic mass is 10.1. The molecule has 0 aromatic heterocycles. The van der Waals surface area contributed by atoms with Gasteiger partial charge in [0.25, 0.3) is 0 Å². The van der Waals surface area contributed by atoms with Crippen LogP contribution in [0, 0.1) is 0 Å². The fraction of sp³-hybridized carbons (Fsp3) is 0.857. The maximum atomic E-state index is 12.0. The number of nitrogens with zero attached hydrogens (tertiary/aromatic N) is 2. The highest BCUT2D eigenvalue weighted by Crippen LogP contribution is 2.12. The Morgan fingerprint density at radius 3 is 2.38 bits per heavy atom. The van der Waals surface area contributed by atoms with Gasteiger partial charge in [0, 0.05) is 39.8 Å². The molecule has 122 valence electrons. The molecule has 1 aliphatic rings. The average molecular weight is 316 g/mol. The summed E-state index contributed by atoms with van der Waals surface area (Å²) in [5, 5.41) is 2.88. The molecule has 3 N–H and O–H groups in total. The highest BCUT2D eigenvalue weighted by molar-refractivity contribution is 7.80. The highest BCUT2D eigenvalue weighted by atomic mass is 32.1. The van der Waals surface area contributed by atoms with Crippen LogP contribution in [-0.4, -0.2) is 79.2 Å². The third-order valence-electron chi connectivity index (χ3n) is 4.04. The second-order valence-corrected chi connectivity index (χ2v) is 5.83. The van der Waals surface area contributed by atoms with E-state index in [4.69, 9.17) is 22.7 Å². The van der Waals surface area contributed by atoms with Crippen molar-refractivity contribution in [2.24, 2.45) is 5.73 Å². The van der Waals surface area contributed by atoms with E-state index in [1.54, 1.807) is 7.11 Å². The normalized spacial score (nSPS) is 20.0. The number of ether oxygens (including phenoxy) is 1. The van der Waals surface area contributed by atoms with Crippen LogP contribution in [0.4, 0.5) is 0 Å². The summed E-state index contributed by atoms with van der Waals surface area (Å²) in [6, 6.07) is 0.0573. The first kappa shape index (κ1) is 18.3. The number of methoxy groups -OCH3 is 1. The van der Waals surface area contributed by atoms with E-state index < -0.39 is 0 Å². The minimum Gasteiger partial charge on any atom is -0.392 e. The Labute approximate surface area is 133 Å². The molecule has 1 heterocycles. The summed E-state index contributed by atoms with van der Waals surface area (Å²) >= 11 is 5.13. The van der Waals surface area contributed by atoms with Crippen molar-refractivity contribution in [2.75, 3.05) is 46.4 Å². The van der Waals surface area contributed by atoms with Gasteiger partial charge < -0.3 is 15.8 Å². The van der Waals surface area contributed by atoms with Crippen molar-refractivity contribution >= 4 is 23.1 Å². The van der Waals surface area contributed by atoms with E-state index in [9.17, 15) is 4.79 Å². The molecule has 7 heteroatoms. The van der Waals surface area contributed by atoms with Gasteiger partial charge in [0.15, 0.2) is 0 Å². The van der Waals surface area contributed by atoms with Crippen LogP contribution in [0.3, 0.4) is 0 Å². The number of rotatable bonds is 8. The Kier molecular flexibility index (Phi) is 8.10. The fourth-order valence-corrected chi connectivity index (χ4v) is 2.98. The van der Waals surface area contributed by atoms with Gasteiger partial charge in [-0.3, -0.25) is 14.6 Å². The minimum absolute atomic E-state index is 0.0573. The lowest BCUT2D eigenvalue weighted by Crippen LogP contribution is -2.57. The van der Waals surface area contributed by atoms with Crippen LogP contribution < -0.4 is 11.1 Å². The molecule has 0 aromatic rings. The monoisotopic (exact) mass is 316 g/mol. The van der Waals surface area contributed by atoms with E-state index >= 15 is 0 Å². The first-order valence-corrected chi connectivity index (χ1v) is 7.96. The fourth-order valence-electron chi connectivity index (χ4n) is 2.67. The summed E-state index contributed by atoms with van der Waals surface area (Å²) in [4.78, 5) is 17.1. The Morgan fingerprint density at radius 2 is 1.90 bits per heavy atom. The molecule has 1 rings (SSSR count). The van der Waals surface area contributed by atoms with Crippen LogP contribution in [0.1, 0.15) is 20.3 Å². The molecular weight excluding hydrogens is 288 g/mol. The summed E-state index contributed by atoms with van der Waals surface area (Å²) in [7, 11) is 1.63. The van der Waals surface area contributed by atoms with Crippen molar-refractivity contribution in [1.29, 1.82) is 0 Å². The van der Waals surface area contributed by atoms with Crippen molar-refractivity contribution in [3.63, 3.8) is 0 Å². The van der Waals surface area contributed by atoms with Crippen LogP contribution in [0.15, 0.2) is 0 Å². The third kappa shape index (κ3) is 5.50. The number of piperazine rings is 1. The average Bonchev–Trinajstić information content (AvgIpc) is 2.47. The molecule has 1 saturated heterocycles. The van der Waals surface area contributed by atoms with Gasteiger partial charge in [-0.2, -0.15) is 0 Å². The molecule has 0 bridgehead atoms. The minimum atomic E-state index is -0.117. The van der Waals surface area contributed by atoms with E-state index in [2.05, 4.69) is 22.0 Å². The number of hydrogen-bond donors (Lipinski definition) is 2. The molecular formula is C14H28N4O2S. The molecule has 21 heavy (non-hydrogen) atoms. The molecule has 1 aliphatic heterocycles. The van der Waals surface area contributed by atoms with Crippen molar-refractivity contribution in [2.45, 2.75) is 32.4 Å². The number of amides is 1. The summed E-state index contributed by atoms with van der Waals surface area (Å²) in [6.45, 7) is 8.65. The van der Waals surface area contributed by atoms with Crippen LogP contribution in [0.5, 0.6) is 0 Å². The number of carbonyl (C=O) groups excluding carboxylic acids is 1. The SMILES string of the molecule is CCC(C(N)=S)N1CCN(C(C)C(=O)NCCOC)CC1. The van der Waals surface area contributed by atoms with Crippen molar-refractivity contribution in [3.8, 4) is 0 Å². The van der Waals surface area contributed by atoms with Gasteiger partial charge in [-0.05, 0) is 13.3 Å². The number of carbonyl (C=O) groups is 1. The predicted octanol–water partition coefficient (Wildman–Crippen LogP) is -0.180. The molecule has 0 aromatic carbocycles. The highest BCUT2D eigenvalue weighted by Gasteiger charge is 2.28. The molecule has 2 atom stereocenters. The molecule has 0 saturated carbocycles. The van der Waals surface area contributed by atoms with Gasteiger partial charge in [-0.15, -0.1) is 0 Å². The molecule has 1 fully saturated rings. The Bertz CT molecular complexity index is 346. The second-order valence-electron chi connectivity index (χ2n) is 5.36. The zero-order valence-electron chi connectivity index (χ0n) is 13.3. The molecule has 0 spiro atoms. The number of nitrogens with one attached hydrogen (secondary N) is 1. The largest absolute Gasteiger partial charge is 0.392 e. The summed E-state index contributed by atoms with van der Waals surface area (Å²) in [5.74, 6) is 0.0573. The second kappa shape index (κ2) is 9.30. The lowest BCUT2D eigenvalue weighted by Gasteiger charge is -2.40. The first-order chi connectivity index (χ1) is 10.0. The third-order valence-corrected chi connectivity index (χ3v) is 4.31. The zero-order valence-corrected chi connectivity index (χ0v) is 14.1. The van der Waals surface area contributed by atoms with Gasteiger partial charge >= 0.3 is 0 Å². The molecule has 0 aliphatic carbocycles. The van der Waals surface area contributed by atoms with E-state index in [-0.39, 0.29) is 18.0 Å². The zero-order chi connectivity index (χ0) is 15.8. The Morgan fingerprint density at radius 1 is 1.33 bits per heavy atom. The smallest absolute Gasteiger partial charge is 0.237 e. The van der Waals surface area contributed by atoms with Gasteiger partial charge in [-0.25, -0.2) is 0 Å². The summed E-state index contributed by atoms with van der Waals surface area (Å²) < 4.78 is 4.93. The van der Waals surface area contributed by atoms with Crippen LogP contribution in [0.25, 0.3) is 0 Å². The van der Waals surface area contributed by atoms with E-state index in [0.29, 0.717) is 18.1 Å². The van der Waals surface area contributed by atoms with Gasteiger partial charge in [0.1, 0.15) is 0 Å². The van der Waals surface area contributed by atoms with E-state index in [1.807, 2.05) is 6.92 Å². The summed E-state index contributed by atoms with van der Waals surface area (Å²) in [6.07, 6.45) is 0.933. The lowest BCUT2D eigenvalue weighted by molar-refractivity contribution is -0.126. The van der Waals surface area contributed by atoms with Crippen LogP contribution in [-0.2, 0) is 9.53 Å². The van der Waals surface area contributed by atoms with E-state index in [1.165, 1.54) is 0 Å². The van der Waals surface area contributed by atoms with Gasteiger partial charge in [0.05, 0.1) is 23.7 Å². The molecule has 2 unspecified atom stereocenters. The van der Waals surface area contributed by atoms with Crippen molar-refractivity contribution in [1.82, 2.24) is 15.1 Å². The van der Waals surface area contributed by atoms with Gasteiger partial charge in [-0.1, -0.05) is 19.1 Å². The standard InChI is InChI=1S/C14H28N4O2S/c1-4-12(13(15)21)18-8-6-17(7-9-18)11(2)14(19)16-5-10-20-3/h11-12H,4-10H2,1-3H3,(H2,15,21)(H,16,19). The van der Waals surface area contributed by atoms with Crippen LogP contribution in [0.2, 0.25) is 0 Å². The first-order valence-electron chi connectivity index (χ1n) is 7.55. The van der Waals surface area contributed by atoms with Gasteiger partial charge in [0.2, 0.25) is 5.91 Å². The Balaban J connectivity index is 2.41. The quantitative estimate of drug-likeness (QED) is 0.478. The number of thiocarbonyl (C=S) groups is 1. The maximum Gasteiger partial charge on any atom is 0.237 e. The summed E-state index contributed by atoms with van der Waals surface area (Å²) in [5.41, 5.74) is 5.79. The Hall–Kier alpha value is -0.760. The number of nitrogens with two attached hydrogens (primary N) is 1. The van der Waals surface area contributed by atoms with Crippen molar-refractivity contribution < 1.29 is 9.53 Å². The predicted molar refractivity (Wildman–Crippen MR) is 88.4 cm³/mol. The maximum absolute atomic E-state index is 12.0. The van der Waals surface area contributed by atoms with Crippen LogP contribution >= 0.6 is 12.2 Å².